The fourth-order valence-corrected chi connectivity index (χ4v) is 2.81. The molecule has 4 heteroatoms. The number of nitrogens with zero attached hydrogens (tertiary/aromatic N) is 1. The van der Waals surface area contributed by atoms with Crippen LogP contribution in [0.2, 0.25) is 0 Å². The highest BCUT2D eigenvalue weighted by Gasteiger charge is 2.07. The number of hydrogen-bond acceptors (Lipinski definition) is 4. The molecular formula is C15H14N2OS. The van der Waals surface area contributed by atoms with Crippen molar-refractivity contribution in [2.24, 2.45) is 0 Å². The van der Waals surface area contributed by atoms with Gasteiger partial charge in [-0.3, -0.25) is 0 Å². The topological polar surface area (TPSA) is 52.0 Å². The monoisotopic (exact) mass is 270 g/mol. The lowest BCUT2D eigenvalue weighted by Gasteiger charge is -2.02. The van der Waals surface area contributed by atoms with Crippen molar-refractivity contribution in [3.05, 3.63) is 53.6 Å². The van der Waals surface area contributed by atoms with Crippen LogP contribution >= 0.6 is 11.8 Å². The summed E-state index contributed by atoms with van der Waals surface area (Å²) in [5.41, 5.74) is 10.6. The minimum Gasteiger partial charge on any atom is -0.431 e. The van der Waals surface area contributed by atoms with Crippen LogP contribution in [0.1, 0.15) is 11.1 Å². The van der Waals surface area contributed by atoms with Gasteiger partial charge in [0, 0.05) is 11.4 Å². The molecule has 0 saturated carbocycles. The molecule has 0 aliphatic rings. The van der Waals surface area contributed by atoms with E-state index in [0.717, 1.165) is 16.9 Å². The first-order valence-corrected chi connectivity index (χ1v) is 7.04. The fourth-order valence-electron chi connectivity index (χ4n) is 1.90. The molecule has 2 aromatic carbocycles. The van der Waals surface area contributed by atoms with Gasteiger partial charge in [-0.2, -0.15) is 0 Å². The van der Waals surface area contributed by atoms with E-state index in [9.17, 15) is 0 Å². The Morgan fingerprint density at radius 3 is 2.89 bits per heavy atom. The Labute approximate surface area is 115 Å². The second-order valence-electron chi connectivity index (χ2n) is 4.42. The predicted molar refractivity (Wildman–Crippen MR) is 79.2 cm³/mol. The van der Waals surface area contributed by atoms with E-state index < -0.39 is 0 Å². The second kappa shape index (κ2) is 4.97. The molecule has 0 aliphatic carbocycles. The van der Waals surface area contributed by atoms with Gasteiger partial charge < -0.3 is 10.2 Å². The molecule has 19 heavy (non-hydrogen) atoms. The third-order valence-corrected chi connectivity index (χ3v) is 3.88. The van der Waals surface area contributed by atoms with Crippen molar-refractivity contribution in [1.82, 2.24) is 4.98 Å². The summed E-state index contributed by atoms with van der Waals surface area (Å²) in [6.07, 6.45) is 0. The minimum absolute atomic E-state index is 0.684. The Balaban J connectivity index is 1.80. The number of aryl methyl sites for hydroxylation is 1. The van der Waals surface area contributed by atoms with Gasteiger partial charge in [0.25, 0.3) is 5.22 Å². The molecular weight excluding hydrogens is 256 g/mol. The normalized spacial score (nSPS) is 11.0. The standard InChI is InChI=1S/C15H14N2OS/c1-10-4-2-3-5-11(10)9-19-15-17-13-8-12(16)6-7-14(13)18-15/h2-8H,9,16H2,1H3. The average molecular weight is 270 g/mol. The van der Waals surface area contributed by atoms with Gasteiger partial charge in [-0.05, 0) is 36.2 Å². The molecule has 0 amide bonds. The second-order valence-corrected chi connectivity index (χ2v) is 5.35. The third-order valence-electron chi connectivity index (χ3n) is 3.00. The summed E-state index contributed by atoms with van der Waals surface area (Å²) in [4.78, 5) is 4.43. The lowest BCUT2D eigenvalue weighted by atomic mass is 10.1. The van der Waals surface area contributed by atoms with Gasteiger partial charge in [0.05, 0.1) is 0 Å². The van der Waals surface area contributed by atoms with Crippen molar-refractivity contribution < 1.29 is 4.42 Å². The van der Waals surface area contributed by atoms with Crippen LogP contribution in [0.3, 0.4) is 0 Å². The molecule has 3 aromatic rings. The number of thioether (sulfide) groups is 1. The van der Waals surface area contributed by atoms with Gasteiger partial charge in [-0.25, -0.2) is 4.98 Å². The molecule has 0 unspecified atom stereocenters. The first kappa shape index (κ1) is 12.1. The zero-order valence-electron chi connectivity index (χ0n) is 10.6. The summed E-state index contributed by atoms with van der Waals surface area (Å²) in [6, 6.07) is 13.8. The van der Waals surface area contributed by atoms with Crippen molar-refractivity contribution in [3.8, 4) is 0 Å². The number of rotatable bonds is 3. The molecule has 0 saturated heterocycles. The highest BCUT2D eigenvalue weighted by Crippen LogP contribution is 2.27. The first-order chi connectivity index (χ1) is 9.22. The average Bonchev–Trinajstić information content (AvgIpc) is 2.79. The zero-order valence-corrected chi connectivity index (χ0v) is 11.4. The Morgan fingerprint density at radius 1 is 1.21 bits per heavy atom. The van der Waals surface area contributed by atoms with Crippen LogP contribution in [-0.2, 0) is 5.75 Å². The number of benzene rings is 2. The molecule has 1 aromatic heterocycles. The van der Waals surface area contributed by atoms with Crippen LogP contribution in [0.15, 0.2) is 52.1 Å². The van der Waals surface area contributed by atoms with Gasteiger partial charge in [0.1, 0.15) is 5.52 Å². The smallest absolute Gasteiger partial charge is 0.257 e. The van der Waals surface area contributed by atoms with Gasteiger partial charge in [0.2, 0.25) is 0 Å². The van der Waals surface area contributed by atoms with Crippen LogP contribution in [0, 0.1) is 6.92 Å². The Kier molecular flexibility index (Phi) is 3.17. The molecule has 2 N–H and O–H groups in total. The van der Waals surface area contributed by atoms with Gasteiger partial charge in [0.15, 0.2) is 5.58 Å². The van der Waals surface area contributed by atoms with Crippen LogP contribution in [-0.4, -0.2) is 4.98 Å². The number of fused-ring (bicyclic) bond motifs is 1. The van der Waals surface area contributed by atoms with Crippen molar-refractivity contribution in [1.29, 1.82) is 0 Å². The predicted octanol–water partition coefficient (Wildman–Crippen LogP) is 4.01. The number of oxazole rings is 1. The maximum absolute atomic E-state index is 5.73. The summed E-state index contributed by atoms with van der Waals surface area (Å²) in [5, 5.41) is 0.684. The van der Waals surface area contributed by atoms with Crippen LogP contribution in [0.4, 0.5) is 5.69 Å². The van der Waals surface area contributed by atoms with E-state index in [4.69, 9.17) is 10.2 Å². The van der Waals surface area contributed by atoms with Crippen molar-refractivity contribution in [2.75, 3.05) is 5.73 Å². The van der Waals surface area contributed by atoms with Gasteiger partial charge in [-0.15, -0.1) is 0 Å². The molecule has 3 nitrogen and oxygen atoms in total. The summed E-state index contributed by atoms with van der Waals surface area (Å²) in [6.45, 7) is 2.11. The van der Waals surface area contributed by atoms with E-state index in [1.54, 1.807) is 11.8 Å². The largest absolute Gasteiger partial charge is 0.431 e. The summed E-state index contributed by atoms with van der Waals surface area (Å²) < 4.78 is 5.68. The molecule has 0 aliphatic heterocycles. The fraction of sp³-hybridized carbons (Fsp3) is 0.133. The molecule has 96 valence electrons. The van der Waals surface area contributed by atoms with Crippen molar-refractivity contribution in [3.63, 3.8) is 0 Å². The molecule has 0 radical (unpaired) electrons. The van der Waals surface area contributed by atoms with E-state index in [1.165, 1.54) is 11.1 Å². The maximum Gasteiger partial charge on any atom is 0.257 e. The van der Waals surface area contributed by atoms with Crippen LogP contribution in [0.5, 0.6) is 0 Å². The van der Waals surface area contributed by atoms with E-state index in [2.05, 4.69) is 30.1 Å². The molecule has 1 heterocycles. The number of aromatic nitrogens is 1. The molecule has 0 atom stereocenters. The van der Waals surface area contributed by atoms with E-state index >= 15 is 0 Å². The minimum atomic E-state index is 0.684. The van der Waals surface area contributed by atoms with E-state index in [1.807, 2.05) is 24.3 Å². The summed E-state index contributed by atoms with van der Waals surface area (Å²) >= 11 is 1.60. The summed E-state index contributed by atoms with van der Waals surface area (Å²) in [7, 11) is 0. The number of nitrogens with two attached hydrogens (primary N) is 1. The van der Waals surface area contributed by atoms with Gasteiger partial charge >= 0.3 is 0 Å². The summed E-state index contributed by atoms with van der Waals surface area (Å²) in [5.74, 6) is 0.856. The van der Waals surface area contributed by atoms with E-state index in [-0.39, 0.29) is 0 Å². The lowest BCUT2D eigenvalue weighted by Crippen LogP contribution is -1.85. The third kappa shape index (κ3) is 2.58. The molecule has 3 rings (SSSR count). The highest BCUT2D eigenvalue weighted by atomic mass is 32.2. The Morgan fingerprint density at radius 2 is 2.05 bits per heavy atom. The first-order valence-electron chi connectivity index (χ1n) is 6.06. The van der Waals surface area contributed by atoms with Crippen LogP contribution < -0.4 is 5.73 Å². The molecule has 0 spiro atoms. The van der Waals surface area contributed by atoms with Gasteiger partial charge in [-0.1, -0.05) is 36.0 Å². The van der Waals surface area contributed by atoms with E-state index in [0.29, 0.717) is 10.9 Å². The van der Waals surface area contributed by atoms with Crippen LogP contribution in [0.25, 0.3) is 11.1 Å². The Bertz CT molecular complexity index is 721. The highest BCUT2D eigenvalue weighted by molar-refractivity contribution is 7.98. The molecule has 0 fully saturated rings. The maximum atomic E-state index is 5.73. The SMILES string of the molecule is Cc1ccccc1CSc1nc2cc(N)ccc2o1. The lowest BCUT2D eigenvalue weighted by molar-refractivity contribution is 0.489. The zero-order chi connectivity index (χ0) is 13.2. The molecule has 0 bridgehead atoms. The van der Waals surface area contributed by atoms with Crippen molar-refractivity contribution in [2.45, 2.75) is 17.9 Å². The number of hydrogen-bond donors (Lipinski definition) is 1. The number of nitrogen functional groups attached to an aromatic ring is 1. The number of anilines is 1. The quantitative estimate of drug-likeness (QED) is 0.577. The Hall–Kier alpha value is -1.94. The van der Waals surface area contributed by atoms with Crippen molar-refractivity contribution >= 4 is 28.5 Å².